The zero-order valence-corrected chi connectivity index (χ0v) is 26.5. The van der Waals surface area contributed by atoms with Gasteiger partial charge in [-0.2, -0.15) is 9.98 Å². The van der Waals surface area contributed by atoms with E-state index in [2.05, 4.69) is 70.9 Å². The third-order valence-electron chi connectivity index (χ3n) is 10.6. The molecule has 3 atom stereocenters. The van der Waals surface area contributed by atoms with Crippen LogP contribution < -0.4 is 16.0 Å². The molecule has 1 amide bonds. The number of anilines is 2. The van der Waals surface area contributed by atoms with E-state index in [1.165, 1.54) is 56.9 Å². The molecule has 1 saturated heterocycles. The number of amides is 1. The van der Waals surface area contributed by atoms with Gasteiger partial charge in [0.2, 0.25) is 5.95 Å². The molecule has 0 radical (unpaired) electrons. The molecule has 3 aliphatic rings. The molecule has 0 bridgehead atoms. The quantitative estimate of drug-likeness (QED) is 0.176. The number of carboxylic acid groups (broad SMARTS) is 1. The van der Waals surface area contributed by atoms with Crippen LogP contribution in [0.15, 0.2) is 35.3 Å². The number of aromatic nitrogens is 4. The minimum Gasteiger partial charge on any atom is -0.463 e. The van der Waals surface area contributed by atoms with Crippen molar-refractivity contribution in [3.05, 3.63) is 41.7 Å². The number of aliphatic imine (C=N–C) groups is 1. The molecule has 0 spiro atoms. The maximum Gasteiger partial charge on any atom is 0.433 e. The number of rotatable bonds is 9. The van der Waals surface area contributed by atoms with Crippen LogP contribution in [0.2, 0.25) is 0 Å². The van der Waals surface area contributed by atoms with E-state index in [4.69, 9.17) is 20.7 Å². The van der Waals surface area contributed by atoms with Crippen molar-refractivity contribution in [1.29, 1.82) is 0 Å². The van der Waals surface area contributed by atoms with Gasteiger partial charge in [0.1, 0.15) is 5.52 Å². The van der Waals surface area contributed by atoms with Gasteiger partial charge in [0.25, 0.3) is 0 Å². The predicted molar refractivity (Wildman–Crippen MR) is 175 cm³/mol. The minimum absolute atomic E-state index is 0.0921. The van der Waals surface area contributed by atoms with Crippen LogP contribution in [0.3, 0.4) is 0 Å². The zero-order valence-electron chi connectivity index (χ0n) is 26.5. The lowest BCUT2D eigenvalue weighted by Crippen LogP contribution is -2.40. The summed E-state index contributed by atoms with van der Waals surface area (Å²) in [6, 6.07) is 11.2. The molecule has 10 heteroatoms. The van der Waals surface area contributed by atoms with E-state index >= 15 is 0 Å². The molecule has 3 fully saturated rings. The topological polar surface area (TPSA) is 135 Å². The summed E-state index contributed by atoms with van der Waals surface area (Å²) in [5.74, 6) is 3.83. The highest BCUT2D eigenvalue weighted by Gasteiger charge is 2.35. The fraction of sp³-hybridized carbons (Fsp3) is 0.618. The van der Waals surface area contributed by atoms with Gasteiger partial charge in [0.15, 0.2) is 23.1 Å². The van der Waals surface area contributed by atoms with Gasteiger partial charge in [-0.25, -0.2) is 14.8 Å². The van der Waals surface area contributed by atoms with Crippen molar-refractivity contribution in [2.45, 2.75) is 104 Å². The van der Waals surface area contributed by atoms with Gasteiger partial charge in [-0.15, -0.1) is 0 Å². The molecule has 2 aromatic heterocycles. The number of nitrogens with zero attached hydrogens (tertiary/aromatic N) is 6. The van der Waals surface area contributed by atoms with Crippen molar-refractivity contribution in [2.24, 2.45) is 34.4 Å². The average Bonchev–Trinajstić information content (AvgIpc) is 3.34. The van der Waals surface area contributed by atoms with E-state index in [0.29, 0.717) is 29.2 Å². The summed E-state index contributed by atoms with van der Waals surface area (Å²) in [5.41, 5.74) is 8.84. The van der Waals surface area contributed by atoms with Crippen LogP contribution in [0.4, 0.5) is 16.6 Å². The Labute approximate surface area is 260 Å². The largest absolute Gasteiger partial charge is 0.463 e. The van der Waals surface area contributed by atoms with Crippen LogP contribution >= 0.6 is 0 Å². The summed E-state index contributed by atoms with van der Waals surface area (Å²) in [6.45, 7) is 8.61. The Hall–Kier alpha value is -3.69. The molecule has 6 rings (SSSR count). The van der Waals surface area contributed by atoms with Gasteiger partial charge in [-0.3, -0.25) is 0 Å². The van der Waals surface area contributed by atoms with Crippen LogP contribution in [-0.4, -0.2) is 49.1 Å². The molecular formula is C34H48N8O2. The Balaban J connectivity index is 1.50. The van der Waals surface area contributed by atoms with Crippen LogP contribution in [0, 0.1) is 23.7 Å². The highest BCUT2D eigenvalue weighted by atomic mass is 16.4. The summed E-state index contributed by atoms with van der Waals surface area (Å²) in [7, 11) is 0. The Bertz CT molecular complexity index is 1480. The van der Waals surface area contributed by atoms with Gasteiger partial charge in [0.05, 0.1) is 6.04 Å². The van der Waals surface area contributed by atoms with Crippen LogP contribution in [-0.2, 0) is 6.54 Å². The van der Waals surface area contributed by atoms with Crippen molar-refractivity contribution >= 4 is 34.9 Å². The number of piperidine rings is 1. The number of benzene rings is 1. The number of nitrogens with two attached hydrogens (primary N) is 1. The molecule has 3 unspecified atom stereocenters. The number of amidine groups is 1. The second kappa shape index (κ2) is 13.1. The fourth-order valence-corrected chi connectivity index (χ4v) is 7.71. The van der Waals surface area contributed by atoms with Gasteiger partial charge in [-0.05, 0) is 74.7 Å². The number of hydrogen-bond acceptors (Lipinski definition) is 6. The Kier molecular flexibility index (Phi) is 9.05. The average molecular weight is 601 g/mol. The lowest BCUT2D eigenvalue weighted by atomic mass is 9.80. The van der Waals surface area contributed by atoms with Crippen molar-refractivity contribution in [1.82, 2.24) is 19.5 Å². The zero-order chi connectivity index (χ0) is 30.8. The van der Waals surface area contributed by atoms with Crippen LogP contribution in [0.1, 0.15) is 102 Å². The van der Waals surface area contributed by atoms with Gasteiger partial charge >= 0.3 is 6.09 Å². The van der Waals surface area contributed by atoms with Gasteiger partial charge in [-0.1, -0.05) is 69.9 Å². The second-order valence-electron chi connectivity index (χ2n) is 13.5. The molecule has 3 heterocycles. The van der Waals surface area contributed by atoms with E-state index in [9.17, 15) is 9.90 Å². The maximum atomic E-state index is 11.4. The van der Waals surface area contributed by atoms with Crippen molar-refractivity contribution in [3.8, 4) is 0 Å². The van der Waals surface area contributed by atoms with E-state index in [-0.39, 0.29) is 23.7 Å². The Morgan fingerprint density at radius 3 is 2.43 bits per heavy atom. The summed E-state index contributed by atoms with van der Waals surface area (Å²) < 4.78 is 2.38. The third kappa shape index (κ3) is 6.26. The van der Waals surface area contributed by atoms with Gasteiger partial charge in [0, 0.05) is 19.1 Å². The van der Waals surface area contributed by atoms with E-state index in [1.54, 1.807) is 0 Å². The van der Waals surface area contributed by atoms with Gasteiger partial charge < -0.3 is 25.6 Å². The highest BCUT2D eigenvalue weighted by Crippen LogP contribution is 2.42. The molecule has 10 nitrogen and oxygen atoms in total. The van der Waals surface area contributed by atoms with E-state index < -0.39 is 6.09 Å². The molecule has 4 N–H and O–H groups in total. The standard InChI is InChI=1S/C34H48N8O2/c1-4-23-15-17-24(18-16-23)20-42-28-30(36-22(3)25-13-8-14-25)38-32(29(35)37-34(43)44)39-31(28)40-33(42)41-19-9-10-21(2)27(41)26-11-6-5-7-12-26/h5-7,11-12,21-25,27H,4,8-10,13-20H2,1-3H3,(H2,35,37)(H,43,44)(H,36,38,39). The first-order valence-electron chi connectivity index (χ1n) is 16.8. The first kappa shape index (κ1) is 30.3. The van der Waals surface area contributed by atoms with Crippen molar-refractivity contribution in [2.75, 3.05) is 16.8 Å². The summed E-state index contributed by atoms with van der Waals surface area (Å²) >= 11 is 0. The van der Waals surface area contributed by atoms with Crippen molar-refractivity contribution in [3.63, 3.8) is 0 Å². The first-order valence-corrected chi connectivity index (χ1v) is 16.8. The smallest absolute Gasteiger partial charge is 0.433 e. The van der Waals surface area contributed by atoms with Crippen LogP contribution in [0.25, 0.3) is 11.2 Å². The molecule has 2 aliphatic carbocycles. The molecule has 44 heavy (non-hydrogen) atoms. The molecule has 236 valence electrons. The number of hydrogen-bond donors (Lipinski definition) is 3. The normalized spacial score (nSPS) is 25.5. The number of imidazole rings is 1. The third-order valence-corrected chi connectivity index (χ3v) is 10.6. The SMILES string of the molecule is CCC1CCC(Cn2c(N3CCCC(C)C3c3ccccc3)nc3nc(C(N)=NC(=O)O)nc(NC(C)C4CCC4)c32)CC1. The number of fused-ring (bicyclic) bond motifs is 1. The van der Waals surface area contributed by atoms with E-state index in [1.807, 2.05) is 0 Å². The Morgan fingerprint density at radius 1 is 1.05 bits per heavy atom. The molecule has 1 aromatic carbocycles. The lowest BCUT2D eigenvalue weighted by Gasteiger charge is -2.41. The van der Waals surface area contributed by atoms with Crippen LogP contribution in [0.5, 0.6) is 0 Å². The highest BCUT2D eigenvalue weighted by molar-refractivity contribution is 6.01. The molecule has 3 aromatic rings. The summed E-state index contributed by atoms with van der Waals surface area (Å²) in [6.07, 6.45) is 10.7. The van der Waals surface area contributed by atoms with Crippen molar-refractivity contribution < 1.29 is 9.90 Å². The Morgan fingerprint density at radius 2 is 1.77 bits per heavy atom. The minimum atomic E-state index is -1.37. The second-order valence-corrected chi connectivity index (χ2v) is 13.5. The first-order chi connectivity index (χ1) is 21.3. The summed E-state index contributed by atoms with van der Waals surface area (Å²) in [4.78, 5) is 32.3. The fourth-order valence-electron chi connectivity index (χ4n) is 7.71. The van der Waals surface area contributed by atoms with E-state index in [0.717, 1.165) is 43.3 Å². The maximum absolute atomic E-state index is 11.4. The summed E-state index contributed by atoms with van der Waals surface area (Å²) in [5, 5.41) is 13.0. The monoisotopic (exact) mass is 600 g/mol. The molecular weight excluding hydrogens is 552 g/mol. The molecule has 1 aliphatic heterocycles. The predicted octanol–water partition coefficient (Wildman–Crippen LogP) is 7.00. The lowest BCUT2D eigenvalue weighted by molar-refractivity contribution is 0.205. The molecule has 2 saturated carbocycles. The number of carbonyl (C=O) groups is 1. The number of nitrogens with one attached hydrogen (secondary N) is 1.